The maximum absolute atomic E-state index is 13.6. The summed E-state index contributed by atoms with van der Waals surface area (Å²) in [6, 6.07) is 17.6. The molecule has 1 atom stereocenters. The lowest BCUT2D eigenvalue weighted by molar-refractivity contribution is 0.379. The van der Waals surface area contributed by atoms with Gasteiger partial charge in [-0.25, -0.2) is 23.7 Å². The number of nitrogens with one attached hydrogen (secondary N) is 1. The predicted octanol–water partition coefficient (Wildman–Crippen LogP) is 5.36. The van der Waals surface area contributed by atoms with Gasteiger partial charge in [0.15, 0.2) is 6.80 Å². The zero-order chi connectivity index (χ0) is 20.2. The Morgan fingerprint density at radius 2 is 1.73 bits per heavy atom. The number of halogens is 2. The highest BCUT2D eigenvalue weighted by molar-refractivity contribution is 7.59. The van der Waals surface area contributed by atoms with Gasteiger partial charge in [0, 0.05) is 11.8 Å². The maximum atomic E-state index is 13.6. The molecular formula is C22H21F2N5S. The lowest BCUT2D eigenvalue weighted by atomic mass is 10.1. The average molecular weight is 426 g/mol. The van der Waals surface area contributed by atoms with Crippen molar-refractivity contribution in [3.63, 3.8) is 0 Å². The molecule has 0 radical (unpaired) electrons. The zero-order valence-electron chi connectivity index (χ0n) is 16.3. The number of aromatic nitrogens is 4. The number of hydrogen-bond donors (Lipinski definition) is 1. The zero-order valence-corrected chi connectivity index (χ0v) is 17.3. The molecule has 2 aromatic heterocycles. The van der Waals surface area contributed by atoms with E-state index in [4.69, 9.17) is 0 Å². The van der Waals surface area contributed by atoms with E-state index in [2.05, 4.69) is 20.3 Å². The van der Waals surface area contributed by atoms with Crippen LogP contribution >= 0.6 is 13.5 Å². The fraction of sp³-hybridized carbons (Fsp3) is 0.136. The molecule has 8 heteroatoms. The number of rotatable bonds is 6. The van der Waals surface area contributed by atoms with E-state index in [1.807, 2.05) is 37.3 Å². The van der Waals surface area contributed by atoms with Crippen molar-refractivity contribution in [2.75, 3.05) is 5.32 Å². The second kappa shape index (κ2) is 9.49. The standard InChI is InChI=1S/C22H19F2N5.H2S/c1-15(16-5-3-2-4-6-16)27-22-25-12-11-19(28-22)21-20(26-14-29(21)13-23)17-7-9-18(24)10-8-17;/h2-12,14-15H,13H2,1H3,(H,25,27,28);1H2/t15-;/m0./s1. The molecule has 0 saturated heterocycles. The van der Waals surface area contributed by atoms with Crippen molar-refractivity contribution in [3.8, 4) is 22.6 Å². The normalized spacial score (nSPS) is 11.6. The first kappa shape index (κ1) is 21.4. The van der Waals surface area contributed by atoms with Crippen molar-refractivity contribution in [2.45, 2.75) is 19.8 Å². The van der Waals surface area contributed by atoms with Crippen molar-refractivity contribution in [1.29, 1.82) is 0 Å². The predicted molar refractivity (Wildman–Crippen MR) is 119 cm³/mol. The van der Waals surface area contributed by atoms with Gasteiger partial charge in [-0.05, 0) is 42.8 Å². The minimum Gasteiger partial charge on any atom is -0.348 e. The first-order valence-corrected chi connectivity index (χ1v) is 9.17. The lowest BCUT2D eigenvalue weighted by Crippen LogP contribution is -2.10. The Morgan fingerprint density at radius 1 is 1.00 bits per heavy atom. The van der Waals surface area contributed by atoms with E-state index >= 15 is 0 Å². The van der Waals surface area contributed by atoms with Crippen LogP contribution in [0.3, 0.4) is 0 Å². The van der Waals surface area contributed by atoms with Crippen molar-refractivity contribution in [2.24, 2.45) is 0 Å². The number of nitrogens with zero attached hydrogens (tertiary/aromatic N) is 4. The van der Waals surface area contributed by atoms with Crippen LogP contribution in [0, 0.1) is 5.82 Å². The van der Waals surface area contributed by atoms with E-state index in [0.717, 1.165) is 5.56 Å². The van der Waals surface area contributed by atoms with E-state index in [1.54, 1.807) is 24.4 Å². The number of alkyl halides is 1. The first-order valence-electron chi connectivity index (χ1n) is 9.17. The van der Waals surface area contributed by atoms with Crippen molar-refractivity contribution in [1.82, 2.24) is 19.5 Å². The molecule has 0 aliphatic carbocycles. The highest BCUT2D eigenvalue weighted by atomic mass is 32.1. The van der Waals surface area contributed by atoms with E-state index in [0.29, 0.717) is 28.6 Å². The summed E-state index contributed by atoms with van der Waals surface area (Å²) >= 11 is 0. The van der Waals surface area contributed by atoms with Gasteiger partial charge in [-0.2, -0.15) is 13.5 Å². The molecule has 4 aromatic rings. The molecule has 0 spiro atoms. The van der Waals surface area contributed by atoms with Gasteiger partial charge in [0.05, 0.1) is 29.5 Å². The van der Waals surface area contributed by atoms with Crippen LogP contribution < -0.4 is 5.32 Å². The fourth-order valence-electron chi connectivity index (χ4n) is 3.14. The maximum Gasteiger partial charge on any atom is 0.223 e. The molecule has 1 N–H and O–H groups in total. The Hall–Kier alpha value is -3.26. The van der Waals surface area contributed by atoms with Gasteiger partial charge in [-0.15, -0.1) is 0 Å². The van der Waals surface area contributed by atoms with Gasteiger partial charge in [-0.3, -0.25) is 4.57 Å². The molecule has 2 aromatic carbocycles. The van der Waals surface area contributed by atoms with Gasteiger partial charge in [0.1, 0.15) is 5.82 Å². The van der Waals surface area contributed by atoms with Crippen LogP contribution in [0.2, 0.25) is 0 Å². The minimum absolute atomic E-state index is 0. The lowest BCUT2D eigenvalue weighted by Gasteiger charge is -2.15. The molecular weight excluding hydrogens is 404 g/mol. The molecule has 0 unspecified atom stereocenters. The van der Waals surface area contributed by atoms with Crippen molar-refractivity contribution >= 4 is 19.4 Å². The number of anilines is 1. The van der Waals surface area contributed by atoms with E-state index in [9.17, 15) is 8.78 Å². The smallest absolute Gasteiger partial charge is 0.223 e. The monoisotopic (exact) mass is 425 g/mol. The summed E-state index contributed by atoms with van der Waals surface area (Å²) in [5.41, 5.74) is 3.35. The highest BCUT2D eigenvalue weighted by Crippen LogP contribution is 2.31. The Kier molecular flexibility index (Phi) is 6.79. The summed E-state index contributed by atoms with van der Waals surface area (Å²) in [5.74, 6) is 0.0826. The second-order valence-electron chi connectivity index (χ2n) is 6.58. The summed E-state index contributed by atoms with van der Waals surface area (Å²) in [6.07, 6.45) is 3.03. The van der Waals surface area contributed by atoms with Crippen molar-refractivity contribution in [3.05, 3.63) is 84.6 Å². The number of hydrogen-bond acceptors (Lipinski definition) is 4. The molecule has 154 valence electrons. The van der Waals surface area contributed by atoms with Crippen LogP contribution in [0.15, 0.2) is 73.2 Å². The van der Waals surface area contributed by atoms with Gasteiger partial charge in [-0.1, -0.05) is 30.3 Å². The molecule has 0 amide bonds. The Morgan fingerprint density at radius 3 is 2.43 bits per heavy atom. The molecule has 0 bridgehead atoms. The van der Waals surface area contributed by atoms with E-state index in [-0.39, 0.29) is 25.4 Å². The van der Waals surface area contributed by atoms with E-state index < -0.39 is 6.80 Å². The quantitative estimate of drug-likeness (QED) is 0.452. The summed E-state index contributed by atoms with van der Waals surface area (Å²) in [6.45, 7) is 1.26. The van der Waals surface area contributed by atoms with Gasteiger partial charge in [0.25, 0.3) is 0 Å². The van der Waals surface area contributed by atoms with Crippen molar-refractivity contribution < 1.29 is 8.78 Å². The van der Waals surface area contributed by atoms with Crippen LogP contribution in [0.5, 0.6) is 0 Å². The molecule has 4 rings (SSSR count). The number of benzene rings is 2. The van der Waals surface area contributed by atoms with Crippen LogP contribution in [0.1, 0.15) is 18.5 Å². The Bertz CT molecular complexity index is 1100. The fourth-order valence-corrected chi connectivity index (χ4v) is 3.14. The SMILES string of the molecule is C[C@H](Nc1nccc(-c2c(-c3ccc(F)cc3)ncn2CF)n1)c1ccccc1.S. The summed E-state index contributed by atoms with van der Waals surface area (Å²) in [7, 11) is 0. The summed E-state index contributed by atoms with van der Waals surface area (Å²) in [5, 5.41) is 3.27. The molecule has 0 fully saturated rings. The first-order chi connectivity index (χ1) is 14.2. The van der Waals surface area contributed by atoms with Crippen LogP contribution in [-0.2, 0) is 6.80 Å². The van der Waals surface area contributed by atoms with Gasteiger partial charge in [0.2, 0.25) is 5.95 Å². The molecule has 0 aliphatic rings. The third kappa shape index (κ3) is 4.49. The van der Waals surface area contributed by atoms with Crippen LogP contribution in [0.25, 0.3) is 22.6 Å². The summed E-state index contributed by atoms with van der Waals surface area (Å²) in [4.78, 5) is 13.2. The molecule has 30 heavy (non-hydrogen) atoms. The summed E-state index contributed by atoms with van der Waals surface area (Å²) < 4.78 is 28.3. The molecule has 0 saturated carbocycles. The average Bonchev–Trinajstić information content (AvgIpc) is 3.19. The topological polar surface area (TPSA) is 55.6 Å². The van der Waals surface area contributed by atoms with Crippen LogP contribution in [0.4, 0.5) is 14.7 Å². The number of imidazole rings is 1. The highest BCUT2D eigenvalue weighted by Gasteiger charge is 2.17. The molecule has 0 aliphatic heterocycles. The second-order valence-corrected chi connectivity index (χ2v) is 6.58. The third-order valence-electron chi connectivity index (χ3n) is 4.63. The molecule has 2 heterocycles. The minimum atomic E-state index is -0.753. The third-order valence-corrected chi connectivity index (χ3v) is 4.63. The molecule has 5 nitrogen and oxygen atoms in total. The van der Waals surface area contributed by atoms with E-state index in [1.165, 1.54) is 23.0 Å². The largest absolute Gasteiger partial charge is 0.348 e. The van der Waals surface area contributed by atoms with Crippen LogP contribution in [-0.4, -0.2) is 19.5 Å². The Labute approximate surface area is 180 Å². The van der Waals surface area contributed by atoms with Gasteiger partial charge < -0.3 is 5.32 Å². The van der Waals surface area contributed by atoms with Gasteiger partial charge >= 0.3 is 0 Å². The Balaban J connectivity index is 0.00000256.